The summed E-state index contributed by atoms with van der Waals surface area (Å²) >= 11 is 0. The Morgan fingerprint density at radius 3 is 2.60 bits per heavy atom. The van der Waals surface area contributed by atoms with Gasteiger partial charge < -0.3 is 19.9 Å². The molecule has 2 aromatic rings. The highest BCUT2D eigenvalue weighted by Crippen LogP contribution is 2.23. The van der Waals surface area contributed by atoms with Crippen LogP contribution in [0.15, 0.2) is 27.7 Å². The third kappa shape index (κ3) is 8.49. The van der Waals surface area contributed by atoms with Gasteiger partial charge in [-0.05, 0) is 38.8 Å². The van der Waals surface area contributed by atoms with Gasteiger partial charge in [0, 0.05) is 31.0 Å². The second-order valence-corrected chi connectivity index (χ2v) is 7.52. The fourth-order valence-corrected chi connectivity index (χ4v) is 2.60. The Balaban J connectivity index is 0.00000450. The molecular weight excluding hydrogens is 493 g/mol. The Kier molecular flexibility index (Phi) is 11.8. The van der Waals surface area contributed by atoms with Crippen LogP contribution < -0.4 is 15.4 Å². The van der Waals surface area contributed by atoms with E-state index >= 15 is 0 Å². The summed E-state index contributed by atoms with van der Waals surface area (Å²) in [6.45, 7) is 14.4. The van der Waals surface area contributed by atoms with Gasteiger partial charge in [-0.15, -0.1) is 24.0 Å². The van der Waals surface area contributed by atoms with Crippen molar-refractivity contribution in [1.29, 1.82) is 0 Å². The minimum absolute atomic E-state index is 0. The van der Waals surface area contributed by atoms with Gasteiger partial charge in [0.15, 0.2) is 11.8 Å². The number of aryl methyl sites for hydroxylation is 1. The summed E-state index contributed by atoms with van der Waals surface area (Å²) in [7, 11) is 0. The lowest BCUT2D eigenvalue weighted by Crippen LogP contribution is -2.38. The Morgan fingerprint density at radius 2 is 1.97 bits per heavy atom. The number of benzene rings is 1. The maximum atomic E-state index is 6.09. The van der Waals surface area contributed by atoms with Crippen molar-refractivity contribution in [2.24, 2.45) is 4.99 Å². The van der Waals surface area contributed by atoms with E-state index in [2.05, 4.69) is 59.7 Å². The summed E-state index contributed by atoms with van der Waals surface area (Å²) in [4.78, 5) is 9.13. The van der Waals surface area contributed by atoms with Crippen molar-refractivity contribution >= 4 is 29.9 Å². The minimum atomic E-state index is 0. The molecule has 2 rings (SSSR count). The monoisotopic (exact) mass is 529 g/mol. The molecule has 1 atom stereocenters. The van der Waals surface area contributed by atoms with Crippen molar-refractivity contribution in [3.05, 3.63) is 41.0 Å². The zero-order chi connectivity index (χ0) is 21.2. The van der Waals surface area contributed by atoms with Crippen molar-refractivity contribution in [2.45, 2.75) is 73.0 Å². The smallest absolute Gasteiger partial charge is 0.228 e. The molecule has 2 N–H and O–H groups in total. The summed E-state index contributed by atoms with van der Waals surface area (Å²) in [6, 6.07) is 6.27. The maximum absolute atomic E-state index is 6.09. The van der Waals surface area contributed by atoms with E-state index in [4.69, 9.17) is 14.3 Å². The maximum Gasteiger partial charge on any atom is 0.228 e. The zero-order valence-corrected chi connectivity index (χ0v) is 21.3. The molecule has 0 saturated carbocycles. The first kappa shape index (κ1) is 26.2. The molecule has 1 unspecified atom stereocenters. The fourth-order valence-electron chi connectivity index (χ4n) is 2.60. The Labute approximate surface area is 197 Å². The molecule has 1 heterocycles. The van der Waals surface area contributed by atoms with Gasteiger partial charge in [-0.3, -0.25) is 0 Å². The number of hydrogen-bond donors (Lipinski definition) is 2. The normalized spacial score (nSPS) is 12.4. The van der Waals surface area contributed by atoms with Gasteiger partial charge in [-0.1, -0.05) is 38.1 Å². The average Bonchev–Trinajstić information content (AvgIpc) is 3.16. The molecule has 0 saturated heterocycles. The number of halogens is 1. The molecule has 0 radical (unpaired) electrons. The Morgan fingerprint density at radius 1 is 1.20 bits per heavy atom. The Hall–Kier alpha value is -1.84. The van der Waals surface area contributed by atoms with Crippen LogP contribution in [0.2, 0.25) is 0 Å². The van der Waals surface area contributed by atoms with Crippen molar-refractivity contribution in [1.82, 2.24) is 20.8 Å². The van der Waals surface area contributed by atoms with Crippen molar-refractivity contribution in [3.8, 4) is 5.75 Å². The molecule has 0 fully saturated rings. The molecule has 0 aliphatic carbocycles. The lowest BCUT2D eigenvalue weighted by Gasteiger charge is -2.17. The number of nitrogens with one attached hydrogen (secondary N) is 2. The lowest BCUT2D eigenvalue weighted by molar-refractivity contribution is 0.215. The first-order valence-electron chi connectivity index (χ1n) is 10.5. The van der Waals surface area contributed by atoms with E-state index < -0.39 is 0 Å². The number of nitrogens with zero attached hydrogens (tertiary/aromatic N) is 3. The lowest BCUT2D eigenvalue weighted by atomic mass is 10.1. The Bertz CT molecular complexity index is 792. The van der Waals surface area contributed by atoms with Gasteiger partial charge in [0.2, 0.25) is 5.89 Å². The SMILES string of the molecule is CCNC(=NCc1ccc(C)cc1OC(C)CC)NCCc1nc(C(C)C)no1.I. The van der Waals surface area contributed by atoms with Crippen LogP contribution >= 0.6 is 24.0 Å². The van der Waals surface area contributed by atoms with Gasteiger partial charge in [0.1, 0.15) is 5.75 Å². The first-order chi connectivity index (χ1) is 13.9. The van der Waals surface area contributed by atoms with Crippen LogP contribution in [-0.4, -0.2) is 35.3 Å². The number of guanidine groups is 1. The van der Waals surface area contributed by atoms with Gasteiger partial charge in [-0.2, -0.15) is 4.98 Å². The van der Waals surface area contributed by atoms with Crippen LogP contribution in [0, 0.1) is 6.92 Å². The van der Waals surface area contributed by atoms with E-state index in [-0.39, 0.29) is 36.0 Å². The number of hydrogen-bond acceptors (Lipinski definition) is 5. The molecule has 8 heteroatoms. The number of ether oxygens (including phenoxy) is 1. The predicted molar refractivity (Wildman–Crippen MR) is 132 cm³/mol. The number of aliphatic imine (C=N–C) groups is 1. The molecule has 168 valence electrons. The molecule has 7 nitrogen and oxygen atoms in total. The quantitative estimate of drug-likeness (QED) is 0.266. The number of rotatable bonds is 10. The second-order valence-electron chi connectivity index (χ2n) is 7.52. The summed E-state index contributed by atoms with van der Waals surface area (Å²) in [5, 5.41) is 10.6. The van der Waals surface area contributed by atoms with Gasteiger partial charge >= 0.3 is 0 Å². The van der Waals surface area contributed by atoms with Crippen LogP contribution in [-0.2, 0) is 13.0 Å². The van der Waals surface area contributed by atoms with Crippen molar-refractivity contribution < 1.29 is 9.26 Å². The fraction of sp³-hybridized carbons (Fsp3) is 0.591. The van der Waals surface area contributed by atoms with Gasteiger partial charge in [-0.25, -0.2) is 4.99 Å². The third-order valence-corrected chi connectivity index (χ3v) is 4.51. The molecule has 0 aliphatic heterocycles. The van der Waals surface area contributed by atoms with Crippen LogP contribution in [0.3, 0.4) is 0 Å². The van der Waals surface area contributed by atoms with E-state index in [1.807, 2.05) is 20.8 Å². The van der Waals surface area contributed by atoms with E-state index in [0.717, 1.165) is 36.1 Å². The second kappa shape index (κ2) is 13.5. The molecule has 0 bridgehead atoms. The van der Waals surface area contributed by atoms with Gasteiger partial charge in [0.25, 0.3) is 0 Å². The molecular formula is C22H36IN5O2. The summed E-state index contributed by atoms with van der Waals surface area (Å²) < 4.78 is 11.4. The highest BCUT2D eigenvalue weighted by molar-refractivity contribution is 14.0. The molecule has 1 aromatic heterocycles. The minimum Gasteiger partial charge on any atom is -0.490 e. The molecule has 1 aromatic carbocycles. The largest absolute Gasteiger partial charge is 0.490 e. The van der Waals surface area contributed by atoms with Crippen LogP contribution in [0.1, 0.15) is 69.8 Å². The zero-order valence-electron chi connectivity index (χ0n) is 19.0. The topological polar surface area (TPSA) is 84.6 Å². The standard InChI is InChI=1S/C22H35N5O2.HI/c1-7-17(6)28-19-13-16(5)9-10-18(19)14-25-22(23-8-2)24-12-11-20-26-21(15(3)4)27-29-20;/h9-10,13,15,17H,7-8,11-12,14H2,1-6H3,(H2,23,24,25);1H. The summed E-state index contributed by atoms with van der Waals surface area (Å²) in [5.41, 5.74) is 2.26. The van der Waals surface area contributed by atoms with Crippen LogP contribution in [0.25, 0.3) is 0 Å². The van der Waals surface area contributed by atoms with E-state index in [0.29, 0.717) is 25.4 Å². The third-order valence-electron chi connectivity index (χ3n) is 4.51. The van der Waals surface area contributed by atoms with Crippen molar-refractivity contribution in [3.63, 3.8) is 0 Å². The highest BCUT2D eigenvalue weighted by atomic mass is 127. The predicted octanol–water partition coefficient (Wildman–Crippen LogP) is 4.59. The van der Waals surface area contributed by atoms with E-state index in [1.165, 1.54) is 5.56 Å². The van der Waals surface area contributed by atoms with Crippen LogP contribution in [0.5, 0.6) is 5.75 Å². The average molecular weight is 529 g/mol. The molecule has 30 heavy (non-hydrogen) atoms. The van der Waals surface area contributed by atoms with Crippen LogP contribution in [0.4, 0.5) is 0 Å². The van der Waals surface area contributed by atoms with Crippen molar-refractivity contribution in [2.75, 3.05) is 13.1 Å². The molecule has 0 amide bonds. The van der Waals surface area contributed by atoms with E-state index in [9.17, 15) is 0 Å². The molecule has 0 spiro atoms. The highest BCUT2D eigenvalue weighted by Gasteiger charge is 2.10. The van der Waals surface area contributed by atoms with E-state index in [1.54, 1.807) is 0 Å². The summed E-state index contributed by atoms with van der Waals surface area (Å²) in [6.07, 6.45) is 1.79. The first-order valence-corrected chi connectivity index (χ1v) is 10.5. The van der Waals surface area contributed by atoms with Gasteiger partial charge in [0.05, 0.1) is 12.6 Å². The molecule has 0 aliphatic rings. The summed E-state index contributed by atoms with van der Waals surface area (Å²) in [5.74, 6) is 3.31. The number of aromatic nitrogens is 2.